The number of rotatable bonds is 3. The molecule has 0 heterocycles. The minimum atomic E-state index is -0.0167. The second-order valence-electron chi connectivity index (χ2n) is 3.07. The normalized spacial score (nSPS) is 8.76. The fraction of sp³-hybridized carbons (Fsp3) is 0.0909. The van der Waals surface area contributed by atoms with E-state index in [4.69, 9.17) is 33.7 Å². The Balaban J connectivity index is 2.81. The average Bonchev–Trinajstić information content (AvgIpc) is 2.33. The molecule has 0 unspecified atom stereocenters. The van der Waals surface area contributed by atoms with Crippen molar-refractivity contribution in [2.45, 2.75) is 0 Å². The van der Waals surface area contributed by atoms with Crippen LogP contribution in [0.2, 0.25) is 10.0 Å². The fourth-order valence-corrected chi connectivity index (χ4v) is 1.31. The van der Waals surface area contributed by atoms with Crippen LogP contribution in [0.4, 0.5) is 5.69 Å². The maximum Gasteiger partial charge on any atom is 0.147 e. The van der Waals surface area contributed by atoms with Crippen LogP contribution in [0.15, 0.2) is 30.0 Å². The molecule has 0 fully saturated rings. The smallest absolute Gasteiger partial charge is 0.147 e. The van der Waals surface area contributed by atoms with Crippen molar-refractivity contribution in [2.75, 3.05) is 12.1 Å². The van der Waals surface area contributed by atoms with Gasteiger partial charge in [-0.2, -0.15) is 10.5 Å². The van der Waals surface area contributed by atoms with Crippen LogP contribution in [0.25, 0.3) is 0 Å². The zero-order chi connectivity index (χ0) is 12.8. The number of allylic oxidation sites excluding steroid dienone is 1. The minimum absolute atomic E-state index is 0.0167. The predicted molar refractivity (Wildman–Crippen MR) is 67.3 cm³/mol. The van der Waals surface area contributed by atoms with Crippen LogP contribution in [-0.4, -0.2) is 7.05 Å². The summed E-state index contributed by atoms with van der Waals surface area (Å²) in [5, 5.41) is 19.6. The van der Waals surface area contributed by atoms with E-state index in [-0.39, 0.29) is 5.57 Å². The van der Waals surface area contributed by atoms with Crippen molar-refractivity contribution in [3.05, 3.63) is 40.0 Å². The van der Waals surface area contributed by atoms with Crippen LogP contribution in [0, 0.1) is 22.7 Å². The summed E-state index contributed by atoms with van der Waals surface area (Å²) in [6.07, 6.45) is 1.31. The lowest BCUT2D eigenvalue weighted by atomic mass is 10.3. The van der Waals surface area contributed by atoms with Crippen LogP contribution < -0.4 is 10.4 Å². The first kappa shape index (κ1) is 13.2. The molecule has 0 spiro atoms. The molecule has 1 N–H and O–H groups in total. The summed E-state index contributed by atoms with van der Waals surface area (Å²) >= 11 is 11.7. The molecule has 1 aromatic carbocycles. The Morgan fingerprint density at radius 3 is 2.47 bits per heavy atom. The average molecular weight is 267 g/mol. The Morgan fingerprint density at radius 2 is 1.94 bits per heavy atom. The lowest BCUT2D eigenvalue weighted by Crippen LogP contribution is -2.29. The first-order valence-electron chi connectivity index (χ1n) is 4.53. The van der Waals surface area contributed by atoms with E-state index >= 15 is 0 Å². The summed E-state index contributed by atoms with van der Waals surface area (Å²) in [5.74, 6) is 0. The number of hydrogen-bond donors (Lipinski definition) is 1. The van der Waals surface area contributed by atoms with Gasteiger partial charge in [0.05, 0.1) is 15.7 Å². The van der Waals surface area contributed by atoms with Gasteiger partial charge in [0.15, 0.2) is 0 Å². The molecule has 0 atom stereocenters. The number of anilines is 1. The largest absolute Gasteiger partial charge is 0.304 e. The molecule has 6 heteroatoms. The lowest BCUT2D eigenvalue weighted by Gasteiger charge is -2.19. The van der Waals surface area contributed by atoms with Crippen molar-refractivity contribution in [3.8, 4) is 12.1 Å². The monoisotopic (exact) mass is 266 g/mol. The molecule has 0 saturated carbocycles. The van der Waals surface area contributed by atoms with Crippen molar-refractivity contribution < 1.29 is 0 Å². The van der Waals surface area contributed by atoms with Crippen molar-refractivity contribution in [1.82, 2.24) is 5.43 Å². The van der Waals surface area contributed by atoms with Gasteiger partial charge >= 0.3 is 0 Å². The summed E-state index contributed by atoms with van der Waals surface area (Å²) < 4.78 is 0. The van der Waals surface area contributed by atoms with Gasteiger partial charge in [0, 0.05) is 13.2 Å². The Hall–Kier alpha value is -1.88. The summed E-state index contributed by atoms with van der Waals surface area (Å²) in [4.78, 5) is 0. The van der Waals surface area contributed by atoms with Gasteiger partial charge < -0.3 is 5.43 Å². The molecular formula is C11H8Cl2N4. The van der Waals surface area contributed by atoms with Crippen molar-refractivity contribution in [2.24, 2.45) is 0 Å². The van der Waals surface area contributed by atoms with Gasteiger partial charge in [-0.25, -0.2) is 0 Å². The summed E-state index contributed by atoms with van der Waals surface area (Å²) in [7, 11) is 1.72. The van der Waals surface area contributed by atoms with E-state index in [2.05, 4.69) is 5.43 Å². The Labute approximate surface area is 109 Å². The predicted octanol–water partition coefficient (Wildman–Crippen LogP) is 2.87. The molecule has 1 aromatic rings. The number of nitriles is 2. The molecule has 0 saturated heterocycles. The lowest BCUT2D eigenvalue weighted by molar-refractivity contribution is 0.836. The van der Waals surface area contributed by atoms with E-state index in [9.17, 15) is 0 Å². The van der Waals surface area contributed by atoms with Crippen LogP contribution in [0.5, 0.6) is 0 Å². The highest BCUT2D eigenvalue weighted by Crippen LogP contribution is 2.26. The fourth-order valence-electron chi connectivity index (χ4n) is 1.02. The van der Waals surface area contributed by atoms with Gasteiger partial charge in [-0.05, 0) is 18.2 Å². The molecule has 0 radical (unpaired) electrons. The molecule has 0 aliphatic carbocycles. The third-order valence-electron chi connectivity index (χ3n) is 1.93. The van der Waals surface area contributed by atoms with Gasteiger partial charge in [0.2, 0.25) is 0 Å². The second kappa shape index (κ2) is 6.00. The van der Waals surface area contributed by atoms with Gasteiger partial charge in [0.25, 0.3) is 0 Å². The quantitative estimate of drug-likeness (QED) is 0.675. The van der Waals surface area contributed by atoms with Crippen molar-refractivity contribution >= 4 is 28.9 Å². The maximum absolute atomic E-state index is 8.55. The number of hydrazine groups is 1. The summed E-state index contributed by atoms with van der Waals surface area (Å²) in [6, 6.07) is 8.58. The Kier molecular flexibility index (Phi) is 4.66. The van der Waals surface area contributed by atoms with Crippen LogP contribution in [0.1, 0.15) is 0 Å². The molecule has 0 aliphatic rings. The number of nitrogens with one attached hydrogen (secondary N) is 1. The van der Waals surface area contributed by atoms with Gasteiger partial charge in [0.1, 0.15) is 17.7 Å². The Morgan fingerprint density at radius 1 is 1.29 bits per heavy atom. The first-order chi connectivity index (χ1) is 8.08. The standard InChI is InChI=1S/C11H8Cl2N4/c1-17(16-7-8(5-14)6-15)9-2-3-10(12)11(13)4-9/h2-4,7,16H,1H3. The zero-order valence-electron chi connectivity index (χ0n) is 8.91. The zero-order valence-corrected chi connectivity index (χ0v) is 10.4. The molecule has 0 bridgehead atoms. The summed E-state index contributed by atoms with van der Waals surface area (Å²) in [5.41, 5.74) is 3.51. The number of halogens is 2. The number of hydrogen-bond acceptors (Lipinski definition) is 4. The first-order valence-corrected chi connectivity index (χ1v) is 5.29. The molecular weight excluding hydrogens is 259 g/mol. The maximum atomic E-state index is 8.55. The van der Waals surface area contributed by atoms with Gasteiger partial charge in [-0.3, -0.25) is 5.01 Å². The molecule has 1 rings (SSSR count). The van der Waals surface area contributed by atoms with E-state index in [0.717, 1.165) is 5.69 Å². The molecule has 86 valence electrons. The number of nitrogens with zero attached hydrogens (tertiary/aromatic N) is 3. The molecule has 0 aromatic heterocycles. The minimum Gasteiger partial charge on any atom is -0.304 e. The molecule has 17 heavy (non-hydrogen) atoms. The summed E-state index contributed by atoms with van der Waals surface area (Å²) in [6.45, 7) is 0. The molecule has 4 nitrogen and oxygen atoms in total. The highest BCUT2D eigenvalue weighted by atomic mass is 35.5. The topological polar surface area (TPSA) is 62.9 Å². The van der Waals surface area contributed by atoms with E-state index in [1.165, 1.54) is 6.20 Å². The van der Waals surface area contributed by atoms with Gasteiger partial charge in [-0.1, -0.05) is 23.2 Å². The van der Waals surface area contributed by atoms with E-state index in [0.29, 0.717) is 10.0 Å². The third kappa shape index (κ3) is 3.57. The highest BCUT2D eigenvalue weighted by molar-refractivity contribution is 6.42. The van der Waals surface area contributed by atoms with Gasteiger partial charge in [-0.15, -0.1) is 0 Å². The van der Waals surface area contributed by atoms with E-state index < -0.39 is 0 Å². The molecule has 0 amide bonds. The Bertz CT molecular complexity index is 509. The second-order valence-corrected chi connectivity index (χ2v) is 3.88. The van der Waals surface area contributed by atoms with Crippen LogP contribution >= 0.6 is 23.2 Å². The highest BCUT2D eigenvalue weighted by Gasteiger charge is 2.03. The SMILES string of the molecule is CN(NC=C(C#N)C#N)c1ccc(Cl)c(Cl)c1. The number of benzene rings is 1. The van der Waals surface area contributed by atoms with Crippen molar-refractivity contribution in [3.63, 3.8) is 0 Å². The van der Waals surface area contributed by atoms with Crippen LogP contribution in [0.3, 0.4) is 0 Å². The van der Waals surface area contributed by atoms with Crippen molar-refractivity contribution in [1.29, 1.82) is 10.5 Å². The third-order valence-corrected chi connectivity index (χ3v) is 2.67. The van der Waals surface area contributed by atoms with E-state index in [1.54, 1.807) is 42.4 Å². The van der Waals surface area contributed by atoms with Crippen LogP contribution in [-0.2, 0) is 0 Å². The van der Waals surface area contributed by atoms with E-state index in [1.807, 2.05) is 0 Å². The molecule has 0 aliphatic heterocycles.